The molecule has 0 radical (unpaired) electrons. The van der Waals surface area contributed by atoms with E-state index in [9.17, 15) is 4.79 Å². The van der Waals surface area contributed by atoms with Crippen LogP contribution in [0, 0.1) is 0 Å². The van der Waals surface area contributed by atoms with Crippen molar-refractivity contribution < 1.29 is 4.79 Å². The first-order valence-electron chi connectivity index (χ1n) is 7.38. The first-order valence-corrected chi connectivity index (χ1v) is 8.13. The molecule has 1 aliphatic heterocycles. The number of nitrogens with zero attached hydrogens (tertiary/aromatic N) is 1. The molecule has 0 bridgehead atoms. The molecule has 4 heteroatoms. The standard InChI is InChI=1S/C16H21Cl2NO/c17-14-8-6-7-13(16(14)18)15(20)9-12-19-10-4-2-1-3-5-11-19/h6-8H,1-5,9-12H2. The van der Waals surface area contributed by atoms with Crippen molar-refractivity contribution in [2.45, 2.75) is 38.5 Å². The highest BCUT2D eigenvalue weighted by atomic mass is 35.5. The Bertz CT molecular complexity index is 454. The number of carbonyl (C=O) groups is 1. The molecule has 0 atom stereocenters. The van der Waals surface area contributed by atoms with Crippen molar-refractivity contribution in [1.82, 2.24) is 4.90 Å². The summed E-state index contributed by atoms with van der Waals surface area (Å²) < 4.78 is 0. The lowest BCUT2D eigenvalue weighted by Gasteiger charge is -2.24. The van der Waals surface area contributed by atoms with Gasteiger partial charge in [0.1, 0.15) is 0 Å². The molecule has 1 heterocycles. The van der Waals surface area contributed by atoms with Crippen LogP contribution in [0.25, 0.3) is 0 Å². The summed E-state index contributed by atoms with van der Waals surface area (Å²) in [6.45, 7) is 3.04. The van der Waals surface area contributed by atoms with Gasteiger partial charge >= 0.3 is 0 Å². The van der Waals surface area contributed by atoms with E-state index < -0.39 is 0 Å². The van der Waals surface area contributed by atoms with E-state index in [-0.39, 0.29) is 5.78 Å². The van der Waals surface area contributed by atoms with Gasteiger partial charge in [0.05, 0.1) is 10.0 Å². The summed E-state index contributed by atoms with van der Waals surface area (Å²) >= 11 is 12.0. The summed E-state index contributed by atoms with van der Waals surface area (Å²) in [5.41, 5.74) is 0.547. The number of benzene rings is 1. The van der Waals surface area contributed by atoms with Crippen LogP contribution in [0.2, 0.25) is 10.0 Å². The predicted octanol–water partition coefficient (Wildman–Crippen LogP) is 4.83. The number of hydrogen-bond acceptors (Lipinski definition) is 2. The summed E-state index contributed by atoms with van der Waals surface area (Å²) in [5.74, 6) is 0.0829. The van der Waals surface area contributed by atoms with Crippen LogP contribution >= 0.6 is 23.2 Å². The molecule has 110 valence electrons. The van der Waals surface area contributed by atoms with Gasteiger partial charge in [0.25, 0.3) is 0 Å². The van der Waals surface area contributed by atoms with E-state index in [1.54, 1.807) is 18.2 Å². The highest BCUT2D eigenvalue weighted by Crippen LogP contribution is 2.26. The SMILES string of the molecule is O=C(CCN1CCCCCCC1)c1cccc(Cl)c1Cl. The second-order valence-corrected chi connectivity index (χ2v) is 6.17. The fraction of sp³-hybridized carbons (Fsp3) is 0.562. The summed E-state index contributed by atoms with van der Waals surface area (Å²) in [6.07, 6.45) is 6.97. The van der Waals surface area contributed by atoms with E-state index in [1.165, 1.54) is 32.1 Å². The first kappa shape index (κ1) is 15.8. The Morgan fingerprint density at radius 2 is 1.70 bits per heavy atom. The Labute approximate surface area is 131 Å². The van der Waals surface area contributed by atoms with Gasteiger partial charge in [-0.25, -0.2) is 0 Å². The number of ketones is 1. The number of Topliss-reactive ketones (excluding diaryl/α,β-unsaturated/α-hetero) is 1. The van der Waals surface area contributed by atoms with Crippen LogP contribution < -0.4 is 0 Å². The first-order chi connectivity index (χ1) is 9.68. The van der Waals surface area contributed by atoms with Crippen molar-refractivity contribution in [1.29, 1.82) is 0 Å². The molecule has 1 aliphatic rings. The van der Waals surface area contributed by atoms with E-state index >= 15 is 0 Å². The molecule has 0 unspecified atom stereocenters. The normalized spacial score (nSPS) is 17.5. The lowest BCUT2D eigenvalue weighted by Crippen LogP contribution is -2.29. The van der Waals surface area contributed by atoms with Crippen molar-refractivity contribution in [2.75, 3.05) is 19.6 Å². The van der Waals surface area contributed by atoms with E-state index in [1.807, 2.05) is 0 Å². The Hall–Kier alpha value is -0.570. The average Bonchev–Trinajstić information content (AvgIpc) is 2.40. The fourth-order valence-corrected chi connectivity index (χ4v) is 3.06. The van der Waals surface area contributed by atoms with Gasteiger partial charge in [0, 0.05) is 18.5 Å². The van der Waals surface area contributed by atoms with Crippen LogP contribution in [-0.2, 0) is 0 Å². The topological polar surface area (TPSA) is 20.3 Å². The summed E-state index contributed by atoms with van der Waals surface area (Å²) in [4.78, 5) is 14.6. The molecule has 1 saturated heterocycles. The zero-order valence-corrected chi connectivity index (χ0v) is 13.2. The van der Waals surface area contributed by atoms with E-state index in [0.29, 0.717) is 22.0 Å². The molecule has 1 fully saturated rings. The van der Waals surface area contributed by atoms with Crippen LogP contribution in [0.4, 0.5) is 0 Å². The monoisotopic (exact) mass is 313 g/mol. The number of likely N-dealkylation sites (tertiary alicyclic amines) is 1. The number of hydrogen-bond donors (Lipinski definition) is 0. The van der Waals surface area contributed by atoms with Gasteiger partial charge in [-0.3, -0.25) is 4.79 Å². The lowest BCUT2D eigenvalue weighted by atomic mass is 10.1. The van der Waals surface area contributed by atoms with Gasteiger partial charge < -0.3 is 4.90 Å². The second kappa shape index (κ2) is 8.02. The quantitative estimate of drug-likeness (QED) is 0.742. The van der Waals surface area contributed by atoms with Crippen LogP contribution in [0.3, 0.4) is 0 Å². The fourth-order valence-electron chi connectivity index (χ4n) is 2.65. The maximum absolute atomic E-state index is 12.2. The van der Waals surface area contributed by atoms with Crippen LogP contribution in [0.15, 0.2) is 18.2 Å². The maximum atomic E-state index is 12.2. The smallest absolute Gasteiger partial charge is 0.165 e. The Morgan fingerprint density at radius 1 is 1.05 bits per heavy atom. The molecule has 0 spiro atoms. The molecule has 1 aromatic carbocycles. The molecular weight excluding hydrogens is 293 g/mol. The molecule has 2 nitrogen and oxygen atoms in total. The third kappa shape index (κ3) is 4.47. The molecule has 0 aliphatic carbocycles. The largest absolute Gasteiger partial charge is 0.303 e. The summed E-state index contributed by atoms with van der Waals surface area (Å²) in [5, 5.41) is 0.829. The van der Waals surface area contributed by atoms with E-state index in [0.717, 1.165) is 19.6 Å². The van der Waals surface area contributed by atoms with Gasteiger partial charge in [-0.2, -0.15) is 0 Å². The van der Waals surface area contributed by atoms with Crippen LogP contribution in [-0.4, -0.2) is 30.3 Å². The minimum atomic E-state index is 0.0829. The van der Waals surface area contributed by atoms with Gasteiger partial charge in [0.15, 0.2) is 5.78 Å². The van der Waals surface area contributed by atoms with Crippen molar-refractivity contribution in [3.63, 3.8) is 0 Å². The third-order valence-electron chi connectivity index (χ3n) is 3.86. The molecule has 0 saturated carbocycles. The maximum Gasteiger partial charge on any atom is 0.165 e. The molecule has 0 aromatic heterocycles. The van der Waals surface area contributed by atoms with Gasteiger partial charge in [0.2, 0.25) is 0 Å². The molecule has 0 amide bonds. The Morgan fingerprint density at radius 3 is 2.40 bits per heavy atom. The van der Waals surface area contributed by atoms with Crippen molar-refractivity contribution in [2.24, 2.45) is 0 Å². The average molecular weight is 314 g/mol. The lowest BCUT2D eigenvalue weighted by molar-refractivity contribution is 0.0962. The second-order valence-electron chi connectivity index (χ2n) is 5.38. The van der Waals surface area contributed by atoms with E-state index in [2.05, 4.69) is 4.90 Å². The Balaban J connectivity index is 1.89. The highest BCUT2D eigenvalue weighted by molar-refractivity contribution is 6.43. The van der Waals surface area contributed by atoms with Crippen molar-refractivity contribution in [3.8, 4) is 0 Å². The molecule has 1 aromatic rings. The number of rotatable bonds is 4. The summed E-state index contributed by atoms with van der Waals surface area (Å²) in [6, 6.07) is 5.24. The van der Waals surface area contributed by atoms with Gasteiger partial charge in [-0.15, -0.1) is 0 Å². The van der Waals surface area contributed by atoms with E-state index in [4.69, 9.17) is 23.2 Å². The zero-order chi connectivity index (χ0) is 14.4. The van der Waals surface area contributed by atoms with Gasteiger partial charge in [-0.05, 0) is 38.1 Å². The van der Waals surface area contributed by atoms with Crippen LogP contribution in [0.1, 0.15) is 48.9 Å². The summed E-state index contributed by atoms with van der Waals surface area (Å²) in [7, 11) is 0. The minimum Gasteiger partial charge on any atom is -0.303 e. The predicted molar refractivity (Wildman–Crippen MR) is 84.9 cm³/mol. The molecular formula is C16H21Cl2NO. The molecule has 2 rings (SSSR count). The molecule has 20 heavy (non-hydrogen) atoms. The van der Waals surface area contributed by atoms with Crippen molar-refractivity contribution >= 4 is 29.0 Å². The number of carbonyl (C=O) groups excluding carboxylic acids is 1. The highest BCUT2D eigenvalue weighted by Gasteiger charge is 2.15. The molecule has 0 N–H and O–H groups in total. The Kier molecular flexibility index (Phi) is 6.34. The third-order valence-corrected chi connectivity index (χ3v) is 4.67. The van der Waals surface area contributed by atoms with Gasteiger partial charge in [-0.1, -0.05) is 48.5 Å². The number of halogens is 2. The van der Waals surface area contributed by atoms with Crippen LogP contribution in [0.5, 0.6) is 0 Å². The van der Waals surface area contributed by atoms with Crippen molar-refractivity contribution in [3.05, 3.63) is 33.8 Å². The minimum absolute atomic E-state index is 0.0829. The zero-order valence-electron chi connectivity index (χ0n) is 11.7.